The van der Waals surface area contributed by atoms with Crippen molar-refractivity contribution in [3.8, 4) is 5.75 Å². The van der Waals surface area contributed by atoms with Gasteiger partial charge in [0.1, 0.15) is 6.61 Å². The van der Waals surface area contributed by atoms with Crippen molar-refractivity contribution in [1.82, 2.24) is 10.3 Å². The minimum absolute atomic E-state index is 0.0166. The number of H-pyrrole nitrogens is 1. The zero-order valence-corrected chi connectivity index (χ0v) is 11.5. The predicted molar refractivity (Wildman–Crippen MR) is 80.4 cm³/mol. The second kappa shape index (κ2) is 7.09. The molecule has 1 amide bonds. The predicted octanol–water partition coefficient (Wildman–Crippen LogP) is 1.87. The number of rotatable bonds is 6. The minimum Gasteiger partial charge on any atom is -0.483 e. The second-order valence-electron chi connectivity index (χ2n) is 4.32. The zero-order valence-electron chi connectivity index (χ0n) is 11.5. The van der Waals surface area contributed by atoms with Gasteiger partial charge in [-0.2, -0.15) is 0 Å². The Morgan fingerprint density at radius 3 is 2.76 bits per heavy atom. The Balaban J connectivity index is 2.19. The van der Waals surface area contributed by atoms with Crippen LogP contribution in [0, 0.1) is 0 Å². The van der Waals surface area contributed by atoms with Crippen molar-refractivity contribution < 1.29 is 9.53 Å². The monoisotopic (exact) mass is 284 g/mol. The number of hydrogen-bond donors (Lipinski definition) is 2. The van der Waals surface area contributed by atoms with Gasteiger partial charge in [0.2, 0.25) is 5.43 Å². The first-order valence-corrected chi connectivity index (χ1v) is 6.50. The Bertz CT molecular complexity index is 677. The molecule has 5 heteroatoms. The lowest BCUT2D eigenvalue weighted by molar-refractivity contribution is 0.0947. The fourth-order valence-corrected chi connectivity index (χ4v) is 1.76. The Labute approximate surface area is 122 Å². The summed E-state index contributed by atoms with van der Waals surface area (Å²) in [6.07, 6.45) is 2.98. The van der Waals surface area contributed by atoms with Crippen LogP contribution in [0.2, 0.25) is 0 Å². The number of benzene rings is 1. The van der Waals surface area contributed by atoms with E-state index in [2.05, 4.69) is 16.9 Å². The van der Waals surface area contributed by atoms with Crippen LogP contribution in [0.4, 0.5) is 0 Å². The summed E-state index contributed by atoms with van der Waals surface area (Å²) in [6, 6.07) is 10.7. The highest BCUT2D eigenvalue weighted by Gasteiger charge is 2.15. The van der Waals surface area contributed by atoms with Gasteiger partial charge in [0.15, 0.2) is 11.4 Å². The largest absolute Gasteiger partial charge is 0.483 e. The fourth-order valence-electron chi connectivity index (χ4n) is 1.76. The fraction of sp³-hybridized carbons (Fsp3) is 0.125. The first-order valence-electron chi connectivity index (χ1n) is 6.50. The average Bonchev–Trinajstić information content (AvgIpc) is 2.52. The molecule has 108 valence electrons. The van der Waals surface area contributed by atoms with Gasteiger partial charge in [-0.1, -0.05) is 36.4 Å². The van der Waals surface area contributed by atoms with Crippen LogP contribution in [-0.2, 0) is 6.61 Å². The van der Waals surface area contributed by atoms with E-state index in [1.807, 2.05) is 30.3 Å². The Hall–Kier alpha value is -2.82. The van der Waals surface area contributed by atoms with E-state index in [9.17, 15) is 9.59 Å². The zero-order chi connectivity index (χ0) is 15.1. The lowest BCUT2D eigenvalue weighted by Gasteiger charge is -2.10. The SMILES string of the molecule is C=CCNC(=O)c1[nH]ccc(=O)c1OCc1ccccc1. The van der Waals surface area contributed by atoms with Crippen molar-refractivity contribution in [2.75, 3.05) is 6.54 Å². The van der Waals surface area contributed by atoms with Crippen LogP contribution < -0.4 is 15.5 Å². The topological polar surface area (TPSA) is 71.2 Å². The summed E-state index contributed by atoms with van der Waals surface area (Å²) in [5, 5.41) is 2.61. The molecule has 0 unspecified atom stereocenters. The van der Waals surface area contributed by atoms with Crippen LogP contribution in [0.15, 0.2) is 60.0 Å². The molecule has 1 aromatic carbocycles. The molecule has 0 atom stereocenters. The number of aromatic nitrogens is 1. The molecule has 0 spiro atoms. The molecule has 0 aliphatic carbocycles. The third-order valence-corrected chi connectivity index (χ3v) is 2.77. The average molecular weight is 284 g/mol. The van der Waals surface area contributed by atoms with Crippen molar-refractivity contribution in [3.63, 3.8) is 0 Å². The Kier molecular flexibility index (Phi) is 4.93. The van der Waals surface area contributed by atoms with E-state index in [1.54, 1.807) is 6.08 Å². The van der Waals surface area contributed by atoms with Crippen LogP contribution in [0.1, 0.15) is 16.1 Å². The van der Waals surface area contributed by atoms with Crippen molar-refractivity contribution >= 4 is 5.91 Å². The molecule has 0 bridgehead atoms. The highest BCUT2D eigenvalue weighted by Crippen LogP contribution is 2.12. The van der Waals surface area contributed by atoms with Crippen LogP contribution in [0.25, 0.3) is 0 Å². The van der Waals surface area contributed by atoms with Crippen LogP contribution in [0.5, 0.6) is 5.75 Å². The third kappa shape index (κ3) is 3.82. The summed E-state index contributed by atoms with van der Waals surface area (Å²) in [5.74, 6) is -0.390. The lowest BCUT2D eigenvalue weighted by atomic mass is 10.2. The number of nitrogens with one attached hydrogen (secondary N) is 2. The standard InChI is InChI=1S/C16H16N2O3/c1-2-9-18-16(20)14-15(13(19)8-10-17-14)21-11-12-6-4-3-5-7-12/h2-8,10H,1,9,11H2,(H,17,19)(H,18,20). The maximum Gasteiger partial charge on any atom is 0.271 e. The van der Waals surface area contributed by atoms with E-state index in [0.29, 0.717) is 6.54 Å². The molecule has 0 saturated heterocycles. The van der Waals surface area contributed by atoms with Crippen molar-refractivity contribution in [2.45, 2.75) is 6.61 Å². The molecule has 21 heavy (non-hydrogen) atoms. The van der Waals surface area contributed by atoms with Gasteiger partial charge >= 0.3 is 0 Å². The summed E-state index contributed by atoms with van der Waals surface area (Å²) in [6.45, 7) is 4.06. The molecule has 0 aliphatic rings. The summed E-state index contributed by atoms with van der Waals surface area (Å²) in [4.78, 5) is 26.6. The molecule has 5 nitrogen and oxygen atoms in total. The van der Waals surface area contributed by atoms with Gasteiger partial charge in [0.05, 0.1) is 0 Å². The van der Waals surface area contributed by atoms with Crippen molar-refractivity contribution in [3.05, 3.63) is 76.7 Å². The molecule has 0 aliphatic heterocycles. The summed E-state index contributed by atoms with van der Waals surface area (Å²) >= 11 is 0. The minimum atomic E-state index is -0.407. The number of aromatic amines is 1. The number of carbonyl (C=O) groups is 1. The lowest BCUT2D eigenvalue weighted by Crippen LogP contribution is -2.26. The molecule has 0 saturated carbocycles. The van der Waals surface area contributed by atoms with E-state index >= 15 is 0 Å². The number of amides is 1. The van der Waals surface area contributed by atoms with E-state index in [1.165, 1.54) is 12.3 Å². The van der Waals surface area contributed by atoms with E-state index in [4.69, 9.17) is 4.74 Å². The Morgan fingerprint density at radius 2 is 2.05 bits per heavy atom. The van der Waals surface area contributed by atoms with Gasteiger partial charge in [0, 0.05) is 18.8 Å². The van der Waals surface area contributed by atoms with Crippen LogP contribution >= 0.6 is 0 Å². The molecular weight excluding hydrogens is 268 g/mol. The summed E-state index contributed by atoms with van der Waals surface area (Å²) in [7, 11) is 0. The highest BCUT2D eigenvalue weighted by atomic mass is 16.5. The molecule has 0 fully saturated rings. The molecule has 2 rings (SSSR count). The molecule has 1 aromatic heterocycles. The number of hydrogen-bond acceptors (Lipinski definition) is 3. The molecule has 2 N–H and O–H groups in total. The first-order chi connectivity index (χ1) is 10.2. The number of ether oxygens (including phenoxy) is 1. The second-order valence-corrected chi connectivity index (χ2v) is 4.32. The van der Waals surface area contributed by atoms with Crippen molar-refractivity contribution in [2.24, 2.45) is 0 Å². The Morgan fingerprint density at radius 1 is 1.29 bits per heavy atom. The van der Waals surface area contributed by atoms with Gasteiger partial charge < -0.3 is 15.0 Å². The van der Waals surface area contributed by atoms with Crippen molar-refractivity contribution in [1.29, 1.82) is 0 Å². The number of carbonyl (C=O) groups excluding carboxylic acids is 1. The van der Waals surface area contributed by atoms with Crippen LogP contribution in [0.3, 0.4) is 0 Å². The van der Waals surface area contributed by atoms with Crippen LogP contribution in [-0.4, -0.2) is 17.4 Å². The first kappa shape index (κ1) is 14.6. The number of pyridine rings is 1. The van der Waals surface area contributed by atoms with Gasteiger partial charge in [0.25, 0.3) is 5.91 Å². The molecular formula is C16H16N2O3. The normalized spacial score (nSPS) is 9.90. The van der Waals surface area contributed by atoms with E-state index in [0.717, 1.165) is 5.56 Å². The van der Waals surface area contributed by atoms with Gasteiger partial charge in [-0.15, -0.1) is 6.58 Å². The smallest absolute Gasteiger partial charge is 0.271 e. The third-order valence-electron chi connectivity index (χ3n) is 2.77. The van der Waals surface area contributed by atoms with Gasteiger partial charge in [-0.05, 0) is 5.56 Å². The van der Waals surface area contributed by atoms with Gasteiger partial charge in [-0.25, -0.2) is 0 Å². The maximum atomic E-state index is 12.0. The molecule has 2 aromatic rings. The maximum absolute atomic E-state index is 12.0. The summed E-state index contributed by atoms with van der Waals surface area (Å²) in [5.41, 5.74) is 0.687. The highest BCUT2D eigenvalue weighted by molar-refractivity contribution is 5.94. The van der Waals surface area contributed by atoms with E-state index < -0.39 is 5.91 Å². The molecule has 1 heterocycles. The summed E-state index contributed by atoms with van der Waals surface area (Å²) < 4.78 is 5.52. The van der Waals surface area contributed by atoms with Gasteiger partial charge in [-0.3, -0.25) is 9.59 Å². The van der Waals surface area contributed by atoms with E-state index in [-0.39, 0.29) is 23.5 Å². The molecule has 0 radical (unpaired) electrons. The quantitative estimate of drug-likeness (QED) is 0.795.